The number of unbranched alkanes of at least 4 members (excludes halogenated alkanes) is 27. The molecule has 0 aliphatic heterocycles. The van der Waals surface area contributed by atoms with Gasteiger partial charge < -0.3 is 0 Å². The van der Waals surface area contributed by atoms with Crippen LogP contribution in [-0.2, 0) is 19.3 Å². The zero-order valence-corrected chi connectivity index (χ0v) is 36.8. The zero-order chi connectivity index (χ0) is 38.9. The largest absolute Gasteiger partial charge is 0.0654 e. The number of benzene rings is 3. The van der Waals surface area contributed by atoms with Crippen molar-refractivity contribution in [3.63, 3.8) is 0 Å². The summed E-state index contributed by atoms with van der Waals surface area (Å²) in [5.41, 5.74) is 8.78. The molecule has 3 rings (SSSR count). The van der Waals surface area contributed by atoms with E-state index in [2.05, 4.69) is 93.6 Å². The molecule has 0 aromatic heterocycles. The van der Waals surface area contributed by atoms with Gasteiger partial charge in [0.1, 0.15) is 0 Å². The summed E-state index contributed by atoms with van der Waals surface area (Å²) in [6, 6.07) is 29.2. The second-order valence-electron chi connectivity index (χ2n) is 17.5. The third-order valence-corrected chi connectivity index (χ3v) is 12.4. The summed E-state index contributed by atoms with van der Waals surface area (Å²) >= 11 is 0. The zero-order valence-electron chi connectivity index (χ0n) is 36.8. The maximum Gasteiger partial charge on any atom is 0.0339 e. The molecule has 0 atom stereocenters. The van der Waals surface area contributed by atoms with E-state index in [-0.39, 0.29) is 5.92 Å². The fourth-order valence-corrected chi connectivity index (χ4v) is 8.66. The van der Waals surface area contributed by atoms with Crippen LogP contribution in [0.4, 0.5) is 0 Å². The average Bonchev–Trinajstić information content (AvgIpc) is 3.21. The highest BCUT2D eigenvalue weighted by molar-refractivity contribution is 5.45. The lowest BCUT2D eigenvalue weighted by atomic mass is 9.83. The van der Waals surface area contributed by atoms with Gasteiger partial charge in [0.25, 0.3) is 0 Å². The minimum Gasteiger partial charge on any atom is -0.0654 e. The Morgan fingerprint density at radius 2 is 0.418 bits per heavy atom. The Labute approximate surface area is 343 Å². The first-order valence-corrected chi connectivity index (χ1v) is 24.5. The summed E-state index contributed by atoms with van der Waals surface area (Å²) in [6.45, 7) is 6.92. The van der Waals surface area contributed by atoms with Gasteiger partial charge >= 0.3 is 0 Å². The van der Waals surface area contributed by atoms with Crippen molar-refractivity contribution in [3.8, 4) is 0 Å². The highest BCUT2D eigenvalue weighted by Crippen LogP contribution is 2.33. The van der Waals surface area contributed by atoms with Crippen molar-refractivity contribution in [2.24, 2.45) is 0 Å². The molecule has 0 saturated carbocycles. The van der Waals surface area contributed by atoms with E-state index in [1.165, 1.54) is 245 Å². The standard InChI is InChI=1S/C55H88/c1-4-7-10-13-16-19-22-25-28-31-34-49-37-43-52(44-38-49)55(53-45-39-50(40-46-53)35-32-29-26-23-20-17-14-11-8-5-2)54-47-41-51(42-48-54)36-33-30-27-24-21-18-15-12-9-6-3/h37-48,55H,4-36H2,1-3H3. The van der Waals surface area contributed by atoms with E-state index in [0.29, 0.717) is 0 Å². The van der Waals surface area contributed by atoms with Crippen molar-refractivity contribution in [2.75, 3.05) is 0 Å². The van der Waals surface area contributed by atoms with Gasteiger partial charge in [0.2, 0.25) is 0 Å². The Hall–Kier alpha value is -2.34. The molecule has 3 aromatic rings. The topological polar surface area (TPSA) is 0 Å². The normalized spacial score (nSPS) is 11.6. The van der Waals surface area contributed by atoms with Crippen LogP contribution in [0.2, 0.25) is 0 Å². The molecule has 0 unspecified atom stereocenters. The minimum atomic E-state index is 0.282. The lowest BCUT2D eigenvalue weighted by Gasteiger charge is -2.20. The molecule has 0 aliphatic rings. The van der Waals surface area contributed by atoms with Gasteiger partial charge in [-0.15, -0.1) is 0 Å². The van der Waals surface area contributed by atoms with E-state index in [9.17, 15) is 0 Å². The van der Waals surface area contributed by atoms with Crippen molar-refractivity contribution in [2.45, 2.75) is 239 Å². The van der Waals surface area contributed by atoms with Crippen molar-refractivity contribution >= 4 is 0 Å². The van der Waals surface area contributed by atoms with E-state index in [4.69, 9.17) is 0 Å². The molecule has 0 radical (unpaired) electrons. The van der Waals surface area contributed by atoms with Crippen LogP contribution in [0, 0.1) is 0 Å². The summed E-state index contributed by atoms with van der Waals surface area (Å²) in [5.74, 6) is 0.282. The maximum atomic E-state index is 2.44. The summed E-state index contributed by atoms with van der Waals surface area (Å²) in [5, 5.41) is 0. The van der Waals surface area contributed by atoms with Gasteiger partial charge in [-0.2, -0.15) is 0 Å². The summed E-state index contributed by atoms with van der Waals surface area (Å²) in [4.78, 5) is 0. The number of aryl methyl sites for hydroxylation is 3. The fraction of sp³-hybridized carbons (Fsp3) is 0.673. The number of hydrogen-bond donors (Lipinski definition) is 0. The SMILES string of the molecule is CCCCCCCCCCCCc1ccc(C(c2ccc(CCCCCCCCCCCC)cc2)c2ccc(CCCCCCCCCCCC)cc2)cc1. The van der Waals surface area contributed by atoms with Gasteiger partial charge in [-0.3, -0.25) is 0 Å². The first kappa shape index (κ1) is 47.0. The molecule has 0 bridgehead atoms. The van der Waals surface area contributed by atoms with Crippen LogP contribution in [0.5, 0.6) is 0 Å². The fourth-order valence-electron chi connectivity index (χ4n) is 8.66. The van der Waals surface area contributed by atoms with Gasteiger partial charge in [0, 0.05) is 5.92 Å². The highest BCUT2D eigenvalue weighted by atomic mass is 14.2. The minimum absolute atomic E-state index is 0.282. The van der Waals surface area contributed by atoms with E-state index in [1.54, 1.807) is 0 Å². The molecule has 0 spiro atoms. The van der Waals surface area contributed by atoms with Gasteiger partial charge in [-0.05, 0) is 71.9 Å². The van der Waals surface area contributed by atoms with Crippen molar-refractivity contribution in [1.82, 2.24) is 0 Å². The third-order valence-electron chi connectivity index (χ3n) is 12.4. The predicted molar refractivity (Wildman–Crippen MR) is 247 cm³/mol. The molecule has 0 aliphatic carbocycles. The molecule has 308 valence electrons. The molecule has 0 N–H and O–H groups in total. The van der Waals surface area contributed by atoms with Crippen LogP contribution in [0.3, 0.4) is 0 Å². The Morgan fingerprint density at radius 1 is 0.236 bits per heavy atom. The van der Waals surface area contributed by atoms with Crippen LogP contribution in [0.1, 0.15) is 253 Å². The molecule has 55 heavy (non-hydrogen) atoms. The van der Waals surface area contributed by atoms with Crippen LogP contribution in [0.25, 0.3) is 0 Å². The molecule has 3 aromatic carbocycles. The Kier molecular flexibility index (Phi) is 28.0. The second-order valence-corrected chi connectivity index (χ2v) is 17.5. The van der Waals surface area contributed by atoms with Gasteiger partial charge in [0.05, 0.1) is 0 Å². The van der Waals surface area contributed by atoms with E-state index in [0.717, 1.165) is 0 Å². The summed E-state index contributed by atoms with van der Waals surface area (Å²) in [7, 11) is 0. The van der Waals surface area contributed by atoms with Crippen molar-refractivity contribution in [3.05, 3.63) is 106 Å². The van der Waals surface area contributed by atoms with Crippen LogP contribution in [-0.4, -0.2) is 0 Å². The Balaban J connectivity index is 1.52. The molecule has 0 fully saturated rings. The lowest BCUT2D eigenvalue weighted by Crippen LogP contribution is -2.04. The Bertz CT molecular complexity index is 1090. The quantitative estimate of drug-likeness (QED) is 0.0410. The molecule has 0 heteroatoms. The maximum absolute atomic E-state index is 2.44. The molecule has 0 nitrogen and oxygen atoms in total. The lowest BCUT2D eigenvalue weighted by molar-refractivity contribution is 0.556. The van der Waals surface area contributed by atoms with Crippen molar-refractivity contribution < 1.29 is 0 Å². The highest BCUT2D eigenvalue weighted by Gasteiger charge is 2.17. The second kappa shape index (κ2) is 32.7. The summed E-state index contributed by atoms with van der Waals surface area (Å²) < 4.78 is 0. The monoisotopic (exact) mass is 749 g/mol. The molecule has 0 heterocycles. The van der Waals surface area contributed by atoms with E-state index in [1.807, 2.05) is 0 Å². The first-order valence-electron chi connectivity index (χ1n) is 24.5. The smallest absolute Gasteiger partial charge is 0.0339 e. The molecule has 0 saturated heterocycles. The third kappa shape index (κ3) is 22.3. The molecule has 0 amide bonds. The Morgan fingerprint density at radius 3 is 0.618 bits per heavy atom. The molecular weight excluding hydrogens is 661 g/mol. The van der Waals surface area contributed by atoms with Gasteiger partial charge in [0.15, 0.2) is 0 Å². The predicted octanol–water partition coefficient (Wildman–Crippen LogP) is 18.3. The van der Waals surface area contributed by atoms with Gasteiger partial charge in [-0.1, -0.05) is 267 Å². The van der Waals surface area contributed by atoms with Crippen LogP contribution >= 0.6 is 0 Å². The number of hydrogen-bond acceptors (Lipinski definition) is 0. The van der Waals surface area contributed by atoms with E-state index >= 15 is 0 Å². The van der Waals surface area contributed by atoms with Gasteiger partial charge in [-0.25, -0.2) is 0 Å². The molecular formula is C55H88. The van der Waals surface area contributed by atoms with Crippen LogP contribution in [0.15, 0.2) is 72.8 Å². The van der Waals surface area contributed by atoms with Crippen molar-refractivity contribution in [1.29, 1.82) is 0 Å². The number of rotatable bonds is 36. The van der Waals surface area contributed by atoms with E-state index < -0.39 is 0 Å². The summed E-state index contributed by atoms with van der Waals surface area (Å²) in [6.07, 6.45) is 45.7. The first-order chi connectivity index (χ1) is 27.2. The van der Waals surface area contributed by atoms with Crippen LogP contribution < -0.4 is 0 Å². The average molecular weight is 749 g/mol.